The van der Waals surface area contributed by atoms with Crippen LogP contribution in [0.15, 0.2) is 12.7 Å². The van der Waals surface area contributed by atoms with Gasteiger partial charge < -0.3 is 9.64 Å². The summed E-state index contributed by atoms with van der Waals surface area (Å²) < 4.78 is 5.40. The second kappa shape index (κ2) is 8.77. The molecule has 0 N–H and O–H groups in total. The van der Waals surface area contributed by atoms with Gasteiger partial charge in [-0.05, 0) is 27.2 Å². The summed E-state index contributed by atoms with van der Waals surface area (Å²) in [7, 11) is 0. The molecule has 0 rings (SSSR count). The Morgan fingerprint density at radius 2 is 2.24 bits per heavy atom. The van der Waals surface area contributed by atoms with Gasteiger partial charge in [0.05, 0.1) is 18.6 Å². The van der Waals surface area contributed by atoms with Crippen LogP contribution in [0.5, 0.6) is 0 Å². The summed E-state index contributed by atoms with van der Waals surface area (Å²) in [5.74, 6) is -0.210. The molecule has 2 unspecified atom stereocenters. The van der Waals surface area contributed by atoms with Crippen LogP contribution in [0.2, 0.25) is 0 Å². The molecule has 0 aliphatic heterocycles. The van der Waals surface area contributed by atoms with Crippen LogP contribution in [0.3, 0.4) is 0 Å². The van der Waals surface area contributed by atoms with Crippen LogP contribution >= 0.6 is 0 Å². The Morgan fingerprint density at radius 3 is 2.71 bits per heavy atom. The zero-order valence-corrected chi connectivity index (χ0v) is 11.0. The Hall–Kier alpha value is -1.34. The Morgan fingerprint density at radius 1 is 1.59 bits per heavy atom. The molecule has 0 aromatic carbocycles. The van der Waals surface area contributed by atoms with Crippen molar-refractivity contribution in [1.29, 1.82) is 5.26 Å². The highest BCUT2D eigenvalue weighted by Crippen LogP contribution is 2.04. The molecule has 0 fully saturated rings. The van der Waals surface area contributed by atoms with Gasteiger partial charge in [0.2, 0.25) is 0 Å². The molecule has 0 aromatic rings. The third-order valence-electron chi connectivity index (χ3n) is 2.45. The predicted octanol–water partition coefficient (Wildman–Crippen LogP) is 1.98. The number of carbonyl (C=O) groups excluding carboxylic acids is 1. The number of amides is 1. The van der Waals surface area contributed by atoms with Crippen LogP contribution in [-0.4, -0.2) is 36.6 Å². The first kappa shape index (κ1) is 15.7. The van der Waals surface area contributed by atoms with Gasteiger partial charge in [-0.1, -0.05) is 6.08 Å². The van der Waals surface area contributed by atoms with E-state index in [9.17, 15) is 4.79 Å². The maximum atomic E-state index is 12.0. The van der Waals surface area contributed by atoms with Crippen molar-refractivity contribution in [3.05, 3.63) is 12.7 Å². The van der Waals surface area contributed by atoms with E-state index in [2.05, 4.69) is 12.6 Å². The number of hydrogen-bond acceptors (Lipinski definition) is 3. The molecule has 4 heteroatoms. The molecule has 0 bridgehead atoms. The van der Waals surface area contributed by atoms with Crippen molar-refractivity contribution in [2.45, 2.75) is 33.3 Å². The summed E-state index contributed by atoms with van der Waals surface area (Å²) in [6, 6.07) is 2.13. The van der Waals surface area contributed by atoms with Gasteiger partial charge in [0.25, 0.3) is 5.91 Å². The molecular formula is C13H22N2O2. The van der Waals surface area contributed by atoms with Gasteiger partial charge in [0.15, 0.2) is 0 Å². The van der Waals surface area contributed by atoms with Crippen molar-refractivity contribution in [3.63, 3.8) is 0 Å². The fourth-order valence-corrected chi connectivity index (χ4v) is 1.40. The van der Waals surface area contributed by atoms with Crippen molar-refractivity contribution in [2.24, 2.45) is 5.92 Å². The molecule has 0 radical (unpaired) electrons. The van der Waals surface area contributed by atoms with Gasteiger partial charge in [-0.15, -0.1) is 6.58 Å². The van der Waals surface area contributed by atoms with E-state index in [4.69, 9.17) is 10.00 Å². The molecule has 96 valence electrons. The zero-order valence-electron chi connectivity index (χ0n) is 11.0. The van der Waals surface area contributed by atoms with E-state index < -0.39 is 6.10 Å². The number of rotatable bonds is 8. The van der Waals surface area contributed by atoms with Crippen LogP contribution in [0.4, 0.5) is 0 Å². The van der Waals surface area contributed by atoms with E-state index >= 15 is 0 Å². The Bertz CT molecular complexity index is 284. The van der Waals surface area contributed by atoms with Crippen LogP contribution < -0.4 is 0 Å². The highest BCUT2D eigenvalue weighted by molar-refractivity contribution is 5.80. The largest absolute Gasteiger partial charge is 0.368 e. The molecule has 0 aliphatic carbocycles. The second-order valence-electron chi connectivity index (χ2n) is 4.00. The quantitative estimate of drug-likeness (QED) is 0.480. The van der Waals surface area contributed by atoms with Crippen LogP contribution in [0, 0.1) is 17.2 Å². The molecule has 0 heterocycles. The molecule has 0 spiro atoms. The molecule has 17 heavy (non-hydrogen) atoms. The number of likely N-dealkylation sites (N-methyl/N-ethyl adjacent to an activating group) is 1. The summed E-state index contributed by atoms with van der Waals surface area (Å²) >= 11 is 0. The van der Waals surface area contributed by atoms with E-state index in [-0.39, 0.29) is 11.8 Å². The standard InChI is InChI=1S/C13H22N2O2/c1-5-7-8-17-12(4)13(16)15(6-2)10-11(3)9-14/h5,11-12H,1,6-8,10H2,2-4H3. The average Bonchev–Trinajstić information content (AvgIpc) is 2.34. The molecule has 0 aliphatic rings. The lowest BCUT2D eigenvalue weighted by Gasteiger charge is -2.25. The fourth-order valence-electron chi connectivity index (χ4n) is 1.40. The summed E-state index contributed by atoms with van der Waals surface area (Å²) in [5.41, 5.74) is 0. The van der Waals surface area contributed by atoms with E-state index in [1.807, 2.05) is 6.92 Å². The monoisotopic (exact) mass is 238 g/mol. The minimum atomic E-state index is -0.458. The fraction of sp³-hybridized carbons (Fsp3) is 0.692. The third kappa shape index (κ3) is 6.08. The highest BCUT2D eigenvalue weighted by Gasteiger charge is 2.21. The highest BCUT2D eigenvalue weighted by atomic mass is 16.5. The maximum absolute atomic E-state index is 12.0. The van der Waals surface area contributed by atoms with Gasteiger partial charge in [-0.25, -0.2) is 0 Å². The Balaban J connectivity index is 4.23. The number of nitrogens with zero attached hydrogens (tertiary/aromatic N) is 2. The number of carbonyl (C=O) groups is 1. The summed E-state index contributed by atoms with van der Waals surface area (Å²) in [6.45, 7) is 10.6. The summed E-state index contributed by atoms with van der Waals surface area (Å²) in [4.78, 5) is 13.6. The van der Waals surface area contributed by atoms with E-state index in [1.165, 1.54) is 0 Å². The maximum Gasteiger partial charge on any atom is 0.251 e. The van der Waals surface area contributed by atoms with Crippen LogP contribution in [0.1, 0.15) is 27.2 Å². The van der Waals surface area contributed by atoms with Gasteiger partial charge in [-0.3, -0.25) is 4.79 Å². The van der Waals surface area contributed by atoms with Gasteiger partial charge in [-0.2, -0.15) is 5.26 Å². The van der Waals surface area contributed by atoms with Gasteiger partial charge >= 0.3 is 0 Å². The first-order valence-electron chi connectivity index (χ1n) is 5.97. The summed E-state index contributed by atoms with van der Waals surface area (Å²) in [6.07, 6.45) is 2.03. The topological polar surface area (TPSA) is 53.3 Å². The molecule has 2 atom stereocenters. The minimum absolute atomic E-state index is 0.0568. The lowest BCUT2D eigenvalue weighted by atomic mass is 10.2. The van der Waals surface area contributed by atoms with Crippen molar-refractivity contribution in [3.8, 4) is 6.07 Å². The van der Waals surface area contributed by atoms with Crippen LogP contribution in [0.25, 0.3) is 0 Å². The second-order valence-corrected chi connectivity index (χ2v) is 4.00. The van der Waals surface area contributed by atoms with Crippen molar-refractivity contribution in [1.82, 2.24) is 4.90 Å². The first-order chi connectivity index (χ1) is 8.06. The van der Waals surface area contributed by atoms with Crippen molar-refractivity contribution >= 4 is 5.91 Å². The van der Waals surface area contributed by atoms with E-state index in [1.54, 1.807) is 24.8 Å². The molecule has 0 aromatic heterocycles. The predicted molar refractivity (Wildman–Crippen MR) is 67.3 cm³/mol. The number of hydrogen-bond donors (Lipinski definition) is 0. The lowest BCUT2D eigenvalue weighted by molar-refractivity contribution is -0.142. The minimum Gasteiger partial charge on any atom is -0.368 e. The van der Waals surface area contributed by atoms with E-state index in [0.717, 1.165) is 6.42 Å². The SMILES string of the molecule is C=CCCOC(C)C(=O)N(CC)CC(C)C#N. The number of ether oxygens (including phenoxy) is 1. The average molecular weight is 238 g/mol. The van der Waals surface area contributed by atoms with Crippen molar-refractivity contribution < 1.29 is 9.53 Å². The Labute approximate surface area is 104 Å². The third-order valence-corrected chi connectivity index (χ3v) is 2.45. The summed E-state index contributed by atoms with van der Waals surface area (Å²) in [5, 5.41) is 8.74. The molecule has 4 nitrogen and oxygen atoms in total. The lowest BCUT2D eigenvalue weighted by Crippen LogP contribution is -2.41. The zero-order chi connectivity index (χ0) is 13.3. The first-order valence-corrected chi connectivity index (χ1v) is 5.97. The molecule has 0 saturated heterocycles. The smallest absolute Gasteiger partial charge is 0.251 e. The normalized spacial score (nSPS) is 13.5. The molecule has 0 saturated carbocycles. The van der Waals surface area contributed by atoms with E-state index in [0.29, 0.717) is 19.7 Å². The van der Waals surface area contributed by atoms with Gasteiger partial charge in [0.1, 0.15) is 6.10 Å². The Kier molecular flexibility index (Phi) is 8.08. The van der Waals surface area contributed by atoms with Crippen molar-refractivity contribution in [2.75, 3.05) is 19.7 Å². The van der Waals surface area contributed by atoms with Gasteiger partial charge in [0, 0.05) is 13.1 Å². The van der Waals surface area contributed by atoms with Crippen LogP contribution in [-0.2, 0) is 9.53 Å². The molecular weight excluding hydrogens is 216 g/mol. The molecule has 1 amide bonds. The number of nitriles is 1.